The summed E-state index contributed by atoms with van der Waals surface area (Å²) in [5.41, 5.74) is 0. The summed E-state index contributed by atoms with van der Waals surface area (Å²) in [7, 11) is -1.58. The molecule has 1 atom stereocenters. The van der Waals surface area contributed by atoms with Gasteiger partial charge in [0.1, 0.15) is 0 Å². The summed E-state index contributed by atoms with van der Waals surface area (Å²) in [6.45, 7) is 14.1. The smallest absolute Gasteiger partial charge is 0.191 e. The molecule has 0 aliphatic rings. The van der Waals surface area contributed by atoms with Crippen LogP contribution in [0.15, 0.2) is 12.2 Å². The zero-order valence-electron chi connectivity index (χ0n) is 12.4. The van der Waals surface area contributed by atoms with Gasteiger partial charge < -0.3 is 9.53 Å². The van der Waals surface area contributed by atoms with E-state index in [4.69, 9.17) is 4.43 Å². The molecule has 0 bridgehead atoms. The molecular weight excluding hydrogens is 228 g/mol. The van der Waals surface area contributed by atoms with Crippen molar-refractivity contribution in [1.29, 1.82) is 0 Å². The van der Waals surface area contributed by atoms with Gasteiger partial charge in [0.05, 0.1) is 6.10 Å². The minimum absolute atomic E-state index is 0.187. The predicted octanol–water partition coefficient (Wildman–Crippen LogP) is 4.12. The first kappa shape index (κ1) is 16.9. The molecule has 0 spiro atoms. The topological polar surface area (TPSA) is 29.5 Å². The van der Waals surface area contributed by atoms with E-state index in [1.165, 1.54) is 0 Å². The second-order valence-corrected chi connectivity index (χ2v) is 11.0. The van der Waals surface area contributed by atoms with E-state index in [2.05, 4.69) is 46.0 Å². The van der Waals surface area contributed by atoms with Crippen molar-refractivity contribution in [1.82, 2.24) is 0 Å². The Morgan fingerprint density at radius 3 is 2.29 bits per heavy atom. The Bertz CT molecular complexity index is 229. The van der Waals surface area contributed by atoms with E-state index >= 15 is 0 Å². The fourth-order valence-electron chi connectivity index (χ4n) is 1.14. The first-order valence-electron chi connectivity index (χ1n) is 6.67. The molecule has 1 N–H and O–H groups in total. The van der Waals surface area contributed by atoms with Crippen LogP contribution in [-0.4, -0.2) is 26.1 Å². The van der Waals surface area contributed by atoms with Gasteiger partial charge in [-0.15, -0.1) is 0 Å². The van der Waals surface area contributed by atoms with Crippen molar-refractivity contribution in [2.45, 2.75) is 71.2 Å². The second-order valence-electron chi connectivity index (χ2n) is 6.17. The number of rotatable bonds is 7. The van der Waals surface area contributed by atoms with Crippen molar-refractivity contribution in [2.75, 3.05) is 6.61 Å². The molecule has 0 radical (unpaired) electrons. The molecule has 0 saturated carbocycles. The molecule has 0 fully saturated rings. The minimum atomic E-state index is -1.58. The Kier molecular flexibility index (Phi) is 7.29. The van der Waals surface area contributed by atoms with Crippen LogP contribution in [0.2, 0.25) is 18.1 Å². The summed E-state index contributed by atoms with van der Waals surface area (Å²) in [6, 6.07) is 0. The number of hydrogen-bond donors (Lipinski definition) is 1. The third-order valence-electron chi connectivity index (χ3n) is 3.60. The van der Waals surface area contributed by atoms with Crippen molar-refractivity contribution in [3.05, 3.63) is 12.2 Å². The monoisotopic (exact) mass is 258 g/mol. The maximum Gasteiger partial charge on any atom is 0.191 e. The summed E-state index contributed by atoms with van der Waals surface area (Å²) in [6.07, 6.45) is 6.52. The van der Waals surface area contributed by atoms with Gasteiger partial charge >= 0.3 is 0 Å². The zero-order valence-corrected chi connectivity index (χ0v) is 13.4. The van der Waals surface area contributed by atoms with Gasteiger partial charge in [0.25, 0.3) is 0 Å². The van der Waals surface area contributed by atoms with Crippen LogP contribution in [0.1, 0.15) is 47.0 Å². The third kappa shape index (κ3) is 7.01. The first-order valence-corrected chi connectivity index (χ1v) is 9.58. The highest BCUT2D eigenvalue weighted by Crippen LogP contribution is 2.36. The highest BCUT2D eigenvalue weighted by molar-refractivity contribution is 6.74. The van der Waals surface area contributed by atoms with Crippen LogP contribution < -0.4 is 0 Å². The fraction of sp³-hybridized carbons (Fsp3) is 0.857. The molecule has 3 heteroatoms. The average molecular weight is 258 g/mol. The van der Waals surface area contributed by atoms with Crippen LogP contribution in [0.3, 0.4) is 0 Å². The van der Waals surface area contributed by atoms with Crippen molar-refractivity contribution in [3.63, 3.8) is 0 Å². The Hall–Kier alpha value is -0.123. The van der Waals surface area contributed by atoms with Gasteiger partial charge in [0, 0.05) is 6.61 Å². The summed E-state index contributed by atoms with van der Waals surface area (Å²) >= 11 is 0. The minimum Gasteiger partial charge on any atom is -0.417 e. The van der Waals surface area contributed by atoms with E-state index in [1.54, 1.807) is 0 Å². The molecule has 0 unspecified atom stereocenters. The molecule has 0 aromatic carbocycles. The Labute approximate surface area is 108 Å². The molecule has 0 aromatic rings. The molecule has 102 valence electrons. The molecule has 0 aliphatic heterocycles. The van der Waals surface area contributed by atoms with E-state index < -0.39 is 8.32 Å². The Balaban J connectivity index is 3.78. The lowest BCUT2D eigenvalue weighted by atomic mass is 10.2. The SMILES string of the molecule is CC[C@@H](O)C/C=C\CCO[Si](C)(C)C(C)(C)C. The van der Waals surface area contributed by atoms with Gasteiger partial charge in [0.2, 0.25) is 0 Å². The Morgan fingerprint density at radius 1 is 1.24 bits per heavy atom. The Morgan fingerprint density at radius 2 is 1.82 bits per heavy atom. The van der Waals surface area contributed by atoms with Crippen LogP contribution >= 0.6 is 0 Å². The van der Waals surface area contributed by atoms with Crippen molar-refractivity contribution in [2.24, 2.45) is 0 Å². The van der Waals surface area contributed by atoms with Gasteiger partial charge in [-0.05, 0) is 37.4 Å². The van der Waals surface area contributed by atoms with E-state index in [0.29, 0.717) is 0 Å². The molecule has 0 rings (SSSR count). The average Bonchev–Trinajstić information content (AvgIpc) is 2.21. The van der Waals surface area contributed by atoms with Gasteiger partial charge in [-0.1, -0.05) is 39.8 Å². The predicted molar refractivity (Wildman–Crippen MR) is 77.8 cm³/mol. The van der Waals surface area contributed by atoms with Gasteiger partial charge in [-0.2, -0.15) is 0 Å². The van der Waals surface area contributed by atoms with Crippen molar-refractivity contribution >= 4 is 8.32 Å². The van der Waals surface area contributed by atoms with Crippen LogP contribution in [0.5, 0.6) is 0 Å². The van der Waals surface area contributed by atoms with Crippen LogP contribution in [-0.2, 0) is 4.43 Å². The van der Waals surface area contributed by atoms with Crippen LogP contribution in [0.4, 0.5) is 0 Å². The van der Waals surface area contributed by atoms with Gasteiger partial charge in [-0.3, -0.25) is 0 Å². The molecule has 0 saturated heterocycles. The molecule has 0 heterocycles. The summed E-state index contributed by atoms with van der Waals surface area (Å²) in [4.78, 5) is 0. The lowest BCUT2D eigenvalue weighted by molar-refractivity contribution is 0.173. The van der Waals surface area contributed by atoms with Crippen molar-refractivity contribution < 1.29 is 9.53 Å². The van der Waals surface area contributed by atoms with Gasteiger partial charge in [0.15, 0.2) is 8.32 Å². The molecule has 0 aromatic heterocycles. The summed E-state index contributed by atoms with van der Waals surface area (Å²) in [5, 5.41) is 9.66. The van der Waals surface area contributed by atoms with Gasteiger partial charge in [-0.25, -0.2) is 0 Å². The maximum atomic E-state index is 9.37. The second kappa shape index (κ2) is 7.34. The lowest BCUT2D eigenvalue weighted by Crippen LogP contribution is -2.40. The quantitative estimate of drug-likeness (QED) is 0.423. The van der Waals surface area contributed by atoms with Crippen molar-refractivity contribution in [3.8, 4) is 0 Å². The highest BCUT2D eigenvalue weighted by atomic mass is 28.4. The van der Waals surface area contributed by atoms with Crippen LogP contribution in [0.25, 0.3) is 0 Å². The fourth-order valence-corrected chi connectivity index (χ4v) is 2.20. The number of hydrogen-bond acceptors (Lipinski definition) is 2. The first-order chi connectivity index (χ1) is 7.70. The third-order valence-corrected chi connectivity index (χ3v) is 8.14. The van der Waals surface area contributed by atoms with E-state index in [1.807, 2.05) is 6.92 Å². The largest absolute Gasteiger partial charge is 0.417 e. The van der Waals surface area contributed by atoms with E-state index in [9.17, 15) is 5.11 Å². The molecule has 2 nitrogen and oxygen atoms in total. The normalized spacial score (nSPS) is 15.5. The van der Waals surface area contributed by atoms with E-state index in [-0.39, 0.29) is 11.1 Å². The summed E-state index contributed by atoms with van der Waals surface area (Å²) < 4.78 is 6.05. The standard InChI is InChI=1S/C14H30O2Si/c1-7-13(15)11-9-8-10-12-16-17(5,6)14(2,3)4/h8-9,13,15H,7,10-12H2,1-6H3/b9-8-/t13-/m1/s1. The highest BCUT2D eigenvalue weighted by Gasteiger charge is 2.36. The summed E-state index contributed by atoms with van der Waals surface area (Å²) in [5.74, 6) is 0. The van der Waals surface area contributed by atoms with E-state index in [0.717, 1.165) is 25.9 Å². The maximum absolute atomic E-state index is 9.37. The number of aliphatic hydroxyl groups excluding tert-OH is 1. The number of aliphatic hydroxyl groups is 1. The zero-order chi connectivity index (χ0) is 13.5. The lowest BCUT2D eigenvalue weighted by Gasteiger charge is -2.36. The molecule has 17 heavy (non-hydrogen) atoms. The molecule has 0 amide bonds. The molecule has 0 aliphatic carbocycles. The van der Waals surface area contributed by atoms with Crippen LogP contribution in [0, 0.1) is 0 Å². The molecular formula is C14H30O2Si.